The Morgan fingerprint density at radius 3 is 2.54 bits per heavy atom. The zero-order valence-corrected chi connectivity index (χ0v) is 19.7. The number of rotatable bonds is 5. The van der Waals surface area contributed by atoms with Crippen molar-refractivity contribution in [3.63, 3.8) is 0 Å². The Morgan fingerprint density at radius 2 is 1.77 bits per heavy atom. The Kier molecular flexibility index (Phi) is 5.93. The lowest BCUT2D eigenvalue weighted by Crippen LogP contribution is -2.36. The van der Waals surface area contributed by atoms with Gasteiger partial charge in [-0.15, -0.1) is 0 Å². The van der Waals surface area contributed by atoms with Crippen LogP contribution < -0.4 is 16.4 Å². The molecule has 174 valence electrons. The van der Waals surface area contributed by atoms with Gasteiger partial charge < -0.3 is 9.88 Å². The predicted molar refractivity (Wildman–Crippen MR) is 136 cm³/mol. The molecule has 1 amide bonds. The molecule has 2 N–H and O–H groups in total. The van der Waals surface area contributed by atoms with Gasteiger partial charge in [-0.1, -0.05) is 66.2 Å². The maximum atomic E-state index is 13.4. The van der Waals surface area contributed by atoms with Gasteiger partial charge in [-0.05, 0) is 42.3 Å². The fourth-order valence-electron chi connectivity index (χ4n) is 4.11. The van der Waals surface area contributed by atoms with E-state index in [-0.39, 0.29) is 34.6 Å². The summed E-state index contributed by atoms with van der Waals surface area (Å²) >= 11 is 6.40. The highest BCUT2D eigenvalue weighted by molar-refractivity contribution is 6.31. The molecule has 0 saturated carbocycles. The van der Waals surface area contributed by atoms with E-state index in [2.05, 4.69) is 10.3 Å². The highest BCUT2D eigenvalue weighted by Crippen LogP contribution is 2.19. The van der Waals surface area contributed by atoms with Gasteiger partial charge in [0.1, 0.15) is 16.8 Å². The smallest absolute Gasteiger partial charge is 0.267 e. The van der Waals surface area contributed by atoms with Crippen LogP contribution in [0.25, 0.3) is 16.7 Å². The highest BCUT2D eigenvalue weighted by atomic mass is 35.5. The van der Waals surface area contributed by atoms with E-state index >= 15 is 0 Å². The SMILES string of the molecule is CC(NC(=O)c1cc2c(=O)n3ccccc3nc2n(Cc2ccccc2Cl)c1=N)c1ccccc1. The molecule has 0 bridgehead atoms. The monoisotopic (exact) mass is 483 g/mol. The zero-order valence-electron chi connectivity index (χ0n) is 18.9. The third-order valence-corrected chi connectivity index (χ3v) is 6.37. The van der Waals surface area contributed by atoms with E-state index in [1.807, 2.05) is 55.5 Å². The molecule has 7 nitrogen and oxygen atoms in total. The van der Waals surface area contributed by atoms with Gasteiger partial charge in [-0.2, -0.15) is 0 Å². The van der Waals surface area contributed by atoms with Gasteiger partial charge in [0.2, 0.25) is 0 Å². The Morgan fingerprint density at radius 1 is 1.06 bits per heavy atom. The van der Waals surface area contributed by atoms with E-state index < -0.39 is 5.91 Å². The molecule has 1 unspecified atom stereocenters. The summed E-state index contributed by atoms with van der Waals surface area (Å²) in [6.45, 7) is 2.06. The number of benzene rings is 2. The summed E-state index contributed by atoms with van der Waals surface area (Å²) in [5.41, 5.74) is 2.17. The summed E-state index contributed by atoms with van der Waals surface area (Å²) < 4.78 is 2.99. The van der Waals surface area contributed by atoms with Crippen LogP contribution in [0.1, 0.15) is 34.5 Å². The molecule has 8 heteroatoms. The summed E-state index contributed by atoms with van der Waals surface area (Å²) in [6.07, 6.45) is 1.63. The first kappa shape index (κ1) is 22.6. The van der Waals surface area contributed by atoms with Crippen molar-refractivity contribution in [1.82, 2.24) is 19.3 Å². The lowest BCUT2D eigenvalue weighted by atomic mass is 10.1. The van der Waals surface area contributed by atoms with Crippen LogP contribution in [0.15, 0.2) is 89.9 Å². The number of fused-ring (bicyclic) bond motifs is 2. The van der Waals surface area contributed by atoms with Crippen LogP contribution in [-0.4, -0.2) is 19.9 Å². The maximum absolute atomic E-state index is 13.4. The minimum Gasteiger partial charge on any atom is -0.345 e. The first-order chi connectivity index (χ1) is 16.9. The molecule has 0 saturated heterocycles. The molecular formula is C27H22ClN5O2. The molecule has 5 aromatic rings. The van der Waals surface area contributed by atoms with E-state index in [1.165, 1.54) is 10.5 Å². The maximum Gasteiger partial charge on any atom is 0.267 e. The molecule has 35 heavy (non-hydrogen) atoms. The molecule has 0 aliphatic carbocycles. The van der Waals surface area contributed by atoms with E-state index in [4.69, 9.17) is 17.0 Å². The second-order valence-corrected chi connectivity index (χ2v) is 8.68. The molecular weight excluding hydrogens is 462 g/mol. The number of carbonyl (C=O) groups is 1. The minimum atomic E-state index is -0.446. The van der Waals surface area contributed by atoms with Crippen molar-refractivity contribution in [3.05, 3.63) is 123 Å². The standard InChI is InChI=1S/C27H22ClN5O2/c1-17(18-9-3-2-4-10-18)30-26(34)20-15-21-25(31-23-13-7-8-14-32(23)27(21)35)33(24(20)29)16-19-11-5-6-12-22(19)28/h2-15,17,29H,16H2,1H3,(H,30,34). The van der Waals surface area contributed by atoms with Crippen molar-refractivity contribution < 1.29 is 4.79 Å². The van der Waals surface area contributed by atoms with Gasteiger partial charge in [-0.25, -0.2) is 4.98 Å². The number of hydrogen-bond acceptors (Lipinski definition) is 4. The largest absolute Gasteiger partial charge is 0.345 e. The van der Waals surface area contributed by atoms with Gasteiger partial charge in [0.25, 0.3) is 11.5 Å². The number of hydrogen-bond donors (Lipinski definition) is 2. The Balaban J connectivity index is 1.70. The topological polar surface area (TPSA) is 92.2 Å². The summed E-state index contributed by atoms with van der Waals surface area (Å²) in [5.74, 6) is -0.446. The van der Waals surface area contributed by atoms with Crippen molar-refractivity contribution >= 4 is 34.2 Å². The third-order valence-electron chi connectivity index (χ3n) is 6.00. The second kappa shape index (κ2) is 9.19. The van der Waals surface area contributed by atoms with Gasteiger partial charge >= 0.3 is 0 Å². The first-order valence-corrected chi connectivity index (χ1v) is 11.5. The van der Waals surface area contributed by atoms with Crippen LogP contribution in [-0.2, 0) is 6.54 Å². The molecule has 3 heterocycles. The molecule has 3 aromatic heterocycles. The van der Waals surface area contributed by atoms with Crippen LogP contribution in [0.4, 0.5) is 0 Å². The molecule has 0 radical (unpaired) electrons. The normalized spacial score (nSPS) is 12.1. The number of nitrogens with one attached hydrogen (secondary N) is 2. The molecule has 1 atom stereocenters. The van der Waals surface area contributed by atoms with Crippen molar-refractivity contribution in [2.24, 2.45) is 0 Å². The van der Waals surface area contributed by atoms with E-state index in [9.17, 15) is 9.59 Å². The summed E-state index contributed by atoms with van der Waals surface area (Å²) in [7, 11) is 0. The Bertz CT molecular complexity index is 1690. The average Bonchev–Trinajstić information content (AvgIpc) is 2.87. The van der Waals surface area contributed by atoms with Gasteiger partial charge in [0.05, 0.1) is 23.5 Å². The highest BCUT2D eigenvalue weighted by Gasteiger charge is 2.19. The van der Waals surface area contributed by atoms with E-state index in [1.54, 1.807) is 35.0 Å². The Labute approximate surface area is 205 Å². The molecule has 0 spiro atoms. The van der Waals surface area contributed by atoms with Gasteiger partial charge in [0.15, 0.2) is 0 Å². The van der Waals surface area contributed by atoms with Crippen LogP contribution in [0.2, 0.25) is 5.02 Å². The predicted octanol–water partition coefficient (Wildman–Crippen LogP) is 4.32. The lowest BCUT2D eigenvalue weighted by molar-refractivity contribution is 0.0937. The van der Waals surface area contributed by atoms with Crippen molar-refractivity contribution in [2.45, 2.75) is 19.5 Å². The van der Waals surface area contributed by atoms with Crippen LogP contribution >= 0.6 is 11.6 Å². The fourth-order valence-corrected chi connectivity index (χ4v) is 4.31. The molecule has 0 fully saturated rings. The average molecular weight is 484 g/mol. The van der Waals surface area contributed by atoms with Crippen molar-refractivity contribution in [1.29, 1.82) is 5.41 Å². The van der Waals surface area contributed by atoms with Crippen LogP contribution in [0, 0.1) is 5.41 Å². The number of aromatic nitrogens is 3. The molecule has 0 aliphatic heterocycles. The lowest BCUT2D eigenvalue weighted by Gasteiger charge is -2.17. The number of halogens is 1. The van der Waals surface area contributed by atoms with Crippen LogP contribution in [0.5, 0.6) is 0 Å². The van der Waals surface area contributed by atoms with Gasteiger partial charge in [-0.3, -0.25) is 19.4 Å². The fraction of sp³-hybridized carbons (Fsp3) is 0.111. The quantitative estimate of drug-likeness (QED) is 0.365. The summed E-state index contributed by atoms with van der Waals surface area (Å²) in [6, 6.07) is 23.3. The number of pyridine rings is 2. The number of nitrogens with zero attached hydrogens (tertiary/aromatic N) is 3. The summed E-state index contributed by atoms with van der Waals surface area (Å²) in [5, 5.41) is 12.6. The molecule has 0 aliphatic rings. The summed E-state index contributed by atoms with van der Waals surface area (Å²) in [4.78, 5) is 31.4. The second-order valence-electron chi connectivity index (χ2n) is 8.27. The van der Waals surface area contributed by atoms with Crippen LogP contribution in [0.3, 0.4) is 0 Å². The third kappa shape index (κ3) is 4.22. The number of carbonyl (C=O) groups excluding carboxylic acids is 1. The van der Waals surface area contributed by atoms with E-state index in [0.717, 1.165) is 11.1 Å². The van der Waals surface area contributed by atoms with Crippen molar-refractivity contribution in [2.75, 3.05) is 0 Å². The molecule has 5 rings (SSSR count). The van der Waals surface area contributed by atoms with Crippen molar-refractivity contribution in [3.8, 4) is 0 Å². The van der Waals surface area contributed by atoms with Gasteiger partial charge in [0, 0.05) is 11.2 Å². The zero-order chi connectivity index (χ0) is 24.5. The molecule has 2 aromatic carbocycles. The first-order valence-electron chi connectivity index (χ1n) is 11.1. The number of amides is 1. The Hall–Kier alpha value is -4.23. The van der Waals surface area contributed by atoms with E-state index in [0.29, 0.717) is 16.3 Å². The minimum absolute atomic E-state index is 0.0534.